The fourth-order valence-electron chi connectivity index (χ4n) is 2.53. The minimum atomic E-state index is 0. The van der Waals surface area contributed by atoms with Gasteiger partial charge in [-0.1, -0.05) is 23.7 Å². The van der Waals surface area contributed by atoms with Gasteiger partial charge in [-0.3, -0.25) is 4.90 Å². The molecule has 1 aromatic rings. The SMILES string of the molecule is CNCC1CCN(Cc2cccc(Cl)c2)CC1.Cl. The maximum absolute atomic E-state index is 6.00. The normalized spacial score (nSPS) is 17.4. The number of hydrogen-bond donors (Lipinski definition) is 1. The molecule has 1 saturated heterocycles. The van der Waals surface area contributed by atoms with E-state index in [4.69, 9.17) is 11.6 Å². The lowest BCUT2D eigenvalue weighted by molar-refractivity contribution is 0.177. The first-order chi connectivity index (χ1) is 8.28. The van der Waals surface area contributed by atoms with E-state index in [1.165, 1.54) is 31.5 Å². The number of halogens is 2. The zero-order chi connectivity index (χ0) is 12.1. The van der Waals surface area contributed by atoms with Crippen molar-refractivity contribution in [1.29, 1.82) is 0 Å². The summed E-state index contributed by atoms with van der Waals surface area (Å²) in [6.07, 6.45) is 2.61. The summed E-state index contributed by atoms with van der Waals surface area (Å²) in [5.74, 6) is 0.857. The largest absolute Gasteiger partial charge is 0.319 e. The van der Waals surface area contributed by atoms with Crippen molar-refractivity contribution in [2.75, 3.05) is 26.7 Å². The first-order valence-electron chi connectivity index (χ1n) is 6.39. The van der Waals surface area contributed by atoms with Crippen molar-refractivity contribution < 1.29 is 0 Å². The Morgan fingerprint density at radius 2 is 2.06 bits per heavy atom. The van der Waals surface area contributed by atoms with Crippen LogP contribution < -0.4 is 5.32 Å². The molecular formula is C14H22Cl2N2. The molecule has 2 rings (SSSR count). The van der Waals surface area contributed by atoms with Crippen LogP contribution >= 0.6 is 24.0 Å². The van der Waals surface area contributed by atoms with Gasteiger partial charge in [0.05, 0.1) is 0 Å². The standard InChI is InChI=1S/C14H21ClN2.ClH/c1-16-10-12-5-7-17(8-6-12)11-13-3-2-4-14(15)9-13;/h2-4,9,12,16H,5-8,10-11H2,1H3;1H. The van der Waals surface area contributed by atoms with Crippen LogP contribution in [0.3, 0.4) is 0 Å². The Kier molecular flexibility index (Phi) is 7.02. The van der Waals surface area contributed by atoms with Crippen LogP contribution in [0.25, 0.3) is 0 Å². The van der Waals surface area contributed by atoms with Crippen LogP contribution in [-0.4, -0.2) is 31.6 Å². The van der Waals surface area contributed by atoms with Crippen LogP contribution in [0, 0.1) is 5.92 Å². The number of nitrogens with zero attached hydrogens (tertiary/aromatic N) is 1. The molecule has 1 heterocycles. The molecule has 1 aromatic carbocycles. The third kappa shape index (κ3) is 4.77. The summed E-state index contributed by atoms with van der Waals surface area (Å²) in [5.41, 5.74) is 1.32. The summed E-state index contributed by atoms with van der Waals surface area (Å²) in [6.45, 7) is 4.61. The summed E-state index contributed by atoms with van der Waals surface area (Å²) in [4.78, 5) is 2.53. The van der Waals surface area contributed by atoms with Gasteiger partial charge >= 0.3 is 0 Å². The summed E-state index contributed by atoms with van der Waals surface area (Å²) in [7, 11) is 2.04. The molecule has 0 unspecified atom stereocenters. The third-order valence-corrected chi connectivity index (χ3v) is 3.73. The zero-order valence-corrected chi connectivity index (χ0v) is 12.4. The van der Waals surface area contributed by atoms with Gasteiger partial charge in [-0.25, -0.2) is 0 Å². The fraction of sp³-hybridized carbons (Fsp3) is 0.571. The van der Waals surface area contributed by atoms with Gasteiger partial charge in [-0.15, -0.1) is 12.4 Å². The molecule has 1 N–H and O–H groups in total. The Bertz CT molecular complexity index is 349. The van der Waals surface area contributed by atoms with E-state index in [-0.39, 0.29) is 12.4 Å². The maximum Gasteiger partial charge on any atom is 0.0409 e. The molecule has 4 heteroatoms. The minimum absolute atomic E-state index is 0. The van der Waals surface area contributed by atoms with E-state index in [0.29, 0.717) is 0 Å². The van der Waals surface area contributed by atoms with Gasteiger partial charge in [0, 0.05) is 11.6 Å². The van der Waals surface area contributed by atoms with E-state index in [0.717, 1.165) is 24.0 Å². The Morgan fingerprint density at radius 1 is 1.33 bits per heavy atom. The van der Waals surface area contributed by atoms with E-state index in [2.05, 4.69) is 22.3 Å². The highest BCUT2D eigenvalue weighted by molar-refractivity contribution is 6.30. The van der Waals surface area contributed by atoms with Crippen LogP contribution in [0.15, 0.2) is 24.3 Å². The molecule has 0 saturated carbocycles. The summed E-state index contributed by atoms with van der Waals surface area (Å²) < 4.78 is 0. The quantitative estimate of drug-likeness (QED) is 0.915. The summed E-state index contributed by atoms with van der Waals surface area (Å²) in [6, 6.07) is 8.20. The summed E-state index contributed by atoms with van der Waals surface area (Å²) >= 11 is 6.00. The van der Waals surface area contributed by atoms with E-state index in [1.54, 1.807) is 0 Å². The maximum atomic E-state index is 6.00. The molecule has 2 nitrogen and oxygen atoms in total. The first kappa shape index (κ1) is 15.8. The zero-order valence-electron chi connectivity index (χ0n) is 10.9. The predicted molar refractivity (Wildman–Crippen MR) is 80.6 cm³/mol. The first-order valence-corrected chi connectivity index (χ1v) is 6.77. The number of rotatable bonds is 4. The lowest BCUT2D eigenvalue weighted by Crippen LogP contribution is -2.36. The van der Waals surface area contributed by atoms with Crippen molar-refractivity contribution in [3.05, 3.63) is 34.9 Å². The van der Waals surface area contributed by atoms with Gasteiger partial charge in [0.2, 0.25) is 0 Å². The molecular weight excluding hydrogens is 267 g/mol. The summed E-state index contributed by atoms with van der Waals surface area (Å²) in [5, 5.41) is 4.11. The van der Waals surface area contributed by atoms with Crippen molar-refractivity contribution >= 4 is 24.0 Å². The van der Waals surface area contributed by atoms with Crippen LogP contribution in [-0.2, 0) is 6.54 Å². The van der Waals surface area contributed by atoms with E-state index < -0.39 is 0 Å². The average molecular weight is 289 g/mol. The fourth-order valence-corrected chi connectivity index (χ4v) is 2.74. The lowest BCUT2D eigenvalue weighted by Gasteiger charge is -2.31. The molecule has 1 aliphatic heterocycles. The molecule has 102 valence electrons. The van der Waals surface area contributed by atoms with Crippen molar-refractivity contribution in [2.24, 2.45) is 5.92 Å². The number of piperidine rings is 1. The topological polar surface area (TPSA) is 15.3 Å². The smallest absolute Gasteiger partial charge is 0.0409 e. The highest BCUT2D eigenvalue weighted by Crippen LogP contribution is 2.19. The Morgan fingerprint density at radius 3 is 2.67 bits per heavy atom. The average Bonchev–Trinajstić information content (AvgIpc) is 2.32. The number of hydrogen-bond acceptors (Lipinski definition) is 2. The third-order valence-electron chi connectivity index (χ3n) is 3.50. The van der Waals surface area contributed by atoms with Crippen LogP contribution in [0.1, 0.15) is 18.4 Å². The van der Waals surface area contributed by atoms with E-state index >= 15 is 0 Å². The molecule has 0 spiro atoms. The Hall–Kier alpha value is -0.280. The second kappa shape index (κ2) is 8.00. The van der Waals surface area contributed by atoms with Crippen molar-refractivity contribution in [1.82, 2.24) is 10.2 Å². The molecule has 0 aromatic heterocycles. The predicted octanol–water partition coefficient (Wildman–Crippen LogP) is 3.19. The van der Waals surface area contributed by atoms with Crippen molar-refractivity contribution in [2.45, 2.75) is 19.4 Å². The van der Waals surface area contributed by atoms with Crippen molar-refractivity contribution in [3.8, 4) is 0 Å². The molecule has 0 radical (unpaired) electrons. The molecule has 1 aliphatic rings. The molecule has 1 fully saturated rings. The second-order valence-corrected chi connectivity index (χ2v) is 5.34. The minimum Gasteiger partial charge on any atom is -0.319 e. The van der Waals surface area contributed by atoms with Gasteiger partial charge < -0.3 is 5.32 Å². The van der Waals surface area contributed by atoms with E-state index in [1.807, 2.05) is 19.2 Å². The van der Waals surface area contributed by atoms with Crippen LogP contribution in [0.2, 0.25) is 5.02 Å². The van der Waals surface area contributed by atoms with Crippen LogP contribution in [0.4, 0.5) is 0 Å². The van der Waals surface area contributed by atoms with Crippen molar-refractivity contribution in [3.63, 3.8) is 0 Å². The molecule has 0 bridgehead atoms. The number of likely N-dealkylation sites (tertiary alicyclic amines) is 1. The molecule has 0 aliphatic carbocycles. The second-order valence-electron chi connectivity index (χ2n) is 4.91. The van der Waals surface area contributed by atoms with Gasteiger partial charge in [-0.2, -0.15) is 0 Å². The highest BCUT2D eigenvalue weighted by atomic mass is 35.5. The monoisotopic (exact) mass is 288 g/mol. The van der Waals surface area contributed by atoms with Gasteiger partial charge in [0.1, 0.15) is 0 Å². The highest BCUT2D eigenvalue weighted by Gasteiger charge is 2.18. The molecule has 0 atom stereocenters. The van der Waals surface area contributed by atoms with Gasteiger partial charge in [-0.05, 0) is 63.1 Å². The molecule has 0 amide bonds. The number of benzene rings is 1. The van der Waals surface area contributed by atoms with E-state index in [9.17, 15) is 0 Å². The van der Waals surface area contributed by atoms with Crippen LogP contribution in [0.5, 0.6) is 0 Å². The van der Waals surface area contributed by atoms with Gasteiger partial charge in [0.25, 0.3) is 0 Å². The Balaban J connectivity index is 0.00000162. The number of nitrogens with one attached hydrogen (secondary N) is 1. The molecule has 18 heavy (non-hydrogen) atoms. The Labute approximate surface area is 121 Å². The van der Waals surface area contributed by atoms with Gasteiger partial charge in [0.15, 0.2) is 0 Å². The lowest BCUT2D eigenvalue weighted by atomic mass is 9.96.